The molecule has 140 valence electrons. The normalized spacial score (nSPS) is 10.6. The highest BCUT2D eigenvalue weighted by Crippen LogP contribution is 2.27. The lowest BCUT2D eigenvalue weighted by Crippen LogP contribution is -2.26. The number of rotatable bonds is 6. The molecule has 10 heteroatoms. The number of nitrogens with one attached hydrogen (secondary N) is 1. The van der Waals surface area contributed by atoms with E-state index >= 15 is 0 Å². The summed E-state index contributed by atoms with van der Waals surface area (Å²) in [7, 11) is 1.49. The van der Waals surface area contributed by atoms with Crippen molar-refractivity contribution in [3.8, 4) is 11.4 Å². The van der Waals surface area contributed by atoms with Crippen LogP contribution in [0.5, 0.6) is 5.75 Å². The molecule has 0 unspecified atom stereocenters. The van der Waals surface area contributed by atoms with E-state index in [-0.39, 0.29) is 18.9 Å². The largest absolute Gasteiger partial charge is 0.495 e. The number of carbonyl (C=O) groups excluding carboxylic acids is 1. The lowest BCUT2D eigenvalue weighted by Gasteiger charge is -2.10. The number of carbonyl (C=O) groups is 1. The number of ether oxygens (including phenoxy) is 1. The Morgan fingerprint density at radius 2 is 1.96 bits per heavy atom. The molecule has 27 heavy (non-hydrogen) atoms. The van der Waals surface area contributed by atoms with E-state index in [9.17, 15) is 9.59 Å². The maximum absolute atomic E-state index is 12.4. The van der Waals surface area contributed by atoms with Gasteiger partial charge in [0.15, 0.2) is 0 Å². The minimum absolute atomic E-state index is 0.0107. The zero-order valence-electron chi connectivity index (χ0n) is 14.2. The Kier molecular flexibility index (Phi) is 5.78. The standard InChI is InChI=1S/C17H15Cl2N5O3/c1-27-15-7-6-11(18)10-13(15)20-16(25)8-9-23-17(26)24(22-21-23)14-5-3-2-4-12(14)19/h2-7,10H,8-9H2,1H3,(H,20,25). The lowest BCUT2D eigenvalue weighted by atomic mass is 10.2. The minimum Gasteiger partial charge on any atom is -0.495 e. The van der Waals surface area contributed by atoms with Gasteiger partial charge < -0.3 is 10.1 Å². The molecule has 3 aromatic rings. The van der Waals surface area contributed by atoms with Gasteiger partial charge in [0.25, 0.3) is 0 Å². The second-order valence-electron chi connectivity index (χ2n) is 5.49. The zero-order chi connectivity index (χ0) is 19.4. The molecule has 2 aromatic carbocycles. The number of anilines is 1. The molecule has 0 aliphatic heterocycles. The van der Waals surface area contributed by atoms with E-state index < -0.39 is 5.69 Å². The molecule has 0 aliphatic rings. The van der Waals surface area contributed by atoms with Gasteiger partial charge in [-0.05, 0) is 40.8 Å². The van der Waals surface area contributed by atoms with Gasteiger partial charge in [-0.1, -0.05) is 35.3 Å². The van der Waals surface area contributed by atoms with Crippen molar-refractivity contribution in [3.05, 3.63) is 63.0 Å². The summed E-state index contributed by atoms with van der Waals surface area (Å²) in [6, 6.07) is 11.7. The Morgan fingerprint density at radius 1 is 1.19 bits per heavy atom. The third kappa shape index (κ3) is 4.29. The molecule has 1 aromatic heterocycles. The first-order valence-corrected chi connectivity index (χ1v) is 8.66. The monoisotopic (exact) mass is 407 g/mol. The highest BCUT2D eigenvalue weighted by molar-refractivity contribution is 6.32. The van der Waals surface area contributed by atoms with E-state index in [1.807, 2.05) is 0 Å². The molecule has 1 amide bonds. The Balaban J connectivity index is 1.69. The predicted octanol–water partition coefficient (Wildman–Crippen LogP) is 2.77. The van der Waals surface area contributed by atoms with E-state index in [4.69, 9.17) is 27.9 Å². The fourth-order valence-corrected chi connectivity index (χ4v) is 2.78. The van der Waals surface area contributed by atoms with Gasteiger partial charge in [0.1, 0.15) is 5.75 Å². The summed E-state index contributed by atoms with van der Waals surface area (Å²) in [4.78, 5) is 24.6. The first-order chi connectivity index (χ1) is 13.0. The van der Waals surface area contributed by atoms with Crippen LogP contribution in [0.4, 0.5) is 5.69 Å². The topological polar surface area (TPSA) is 91.0 Å². The number of aromatic nitrogens is 4. The molecule has 0 bridgehead atoms. The van der Waals surface area contributed by atoms with E-state index in [2.05, 4.69) is 15.7 Å². The van der Waals surface area contributed by atoms with Crippen LogP contribution < -0.4 is 15.7 Å². The number of halogens is 2. The number of methoxy groups -OCH3 is 1. The van der Waals surface area contributed by atoms with Crippen molar-refractivity contribution in [1.29, 1.82) is 0 Å². The molecule has 1 N–H and O–H groups in total. The smallest absolute Gasteiger partial charge is 0.368 e. The first kappa shape index (κ1) is 18.9. The second kappa shape index (κ2) is 8.24. The van der Waals surface area contributed by atoms with Crippen LogP contribution in [0.1, 0.15) is 6.42 Å². The fraction of sp³-hybridized carbons (Fsp3) is 0.176. The summed E-state index contributed by atoms with van der Waals surface area (Å²) in [6.07, 6.45) is 0.0107. The maximum atomic E-state index is 12.4. The first-order valence-electron chi connectivity index (χ1n) is 7.90. The Labute approximate surface area is 164 Å². The highest BCUT2D eigenvalue weighted by atomic mass is 35.5. The van der Waals surface area contributed by atoms with Gasteiger partial charge in [0.2, 0.25) is 5.91 Å². The summed E-state index contributed by atoms with van der Waals surface area (Å²) in [5.41, 5.74) is 0.377. The summed E-state index contributed by atoms with van der Waals surface area (Å²) < 4.78 is 7.36. The minimum atomic E-state index is -0.490. The number of benzene rings is 2. The quantitative estimate of drug-likeness (QED) is 0.678. The van der Waals surface area contributed by atoms with Crippen molar-refractivity contribution < 1.29 is 9.53 Å². The molecule has 0 atom stereocenters. The molecular weight excluding hydrogens is 393 g/mol. The summed E-state index contributed by atoms with van der Waals surface area (Å²) >= 11 is 12.0. The van der Waals surface area contributed by atoms with Gasteiger partial charge in [0.05, 0.1) is 30.1 Å². The SMILES string of the molecule is COc1ccc(Cl)cc1NC(=O)CCn1nnn(-c2ccccc2Cl)c1=O. The Morgan fingerprint density at radius 3 is 2.70 bits per heavy atom. The van der Waals surface area contributed by atoms with E-state index in [0.29, 0.717) is 27.2 Å². The van der Waals surface area contributed by atoms with Crippen molar-refractivity contribution in [2.24, 2.45) is 0 Å². The molecule has 0 fully saturated rings. The summed E-state index contributed by atoms with van der Waals surface area (Å²) in [6.45, 7) is 0.0536. The Hall–Kier alpha value is -2.84. The fourth-order valence-electron chi connectivity index (χ4n) is 2.39. The van der Waals surface area contributed by atoms with Gasteiger partial charge in [0, 0.05) is 11.4 Å². The van der Waals surface area contributed by atoms with Gasteiger partial charge in [-0.2, -0.15) is 9.36 Å². The van der Waals surface area contributed by atoms with Crippen molar-refractivity contribution in [2.45, 2.75) is 13.0 Å². The van der Waals surface area contributed by atoms with Gasteiger partial charge in [-0.15, -0.1) is 0 Å². The van der Waals surface area contributed by atoms with Crippen molar-refractivity contribution in [1.82, 2.24) is 19.8 Å². The van der Waals surface area contributed by atoms with E-state index in [1.54, 1.807) is 42.5 Å². The third-order valence-electron chi connectivity index (χ3n) is 3.71. The molecule has 0 spiro atoms. The van der Waals surface area contributed by atoms with Crippen molar-refractivity contribution >= 4 is 34.8 Å². The molecular formula is C17H15Cl2N5O3. The summed E-state index contributed by atoms with van der Waals surface area (Å²) in [5.74, 6) is 0.157. The number of para-hydroxylation sites is 1. The maximum Gasteiger partial charge on any atom is 0.368 e. The molecule has 3 rings (SSSR count). The number of tetrazole rings is 1. The predicted molar refractivity (Wildman–Crippen MR) is 102 cm³/mol. The molecule has 0 saturated heterocycles. The lowest BCUT2D eigenvalue weighted by molar-refractivity contribution is -0.116. The average Bonchev–Trinajstić information content (AvgIpc) is 3.01. The number of nitrogens with zero attached hydrogens (tertiary/aromatic N) is 4. The van der Waals surface area contributed by atoms with Gasteiger partial charge in [-0.25, -0.2) is 4.79 Å². The van der Waals surface area contributed by atoms with E-state index in [0.717, 1.165) is 9.36 Å². The van der Waals surface area contributed by atoms with Crippen LogP contribution in [0, 0.1) is 0 Å². The molecule has 0 radical (unpaired) electrons. The molecule has 0 aliphatic carbocycles. The molecule has 0 saturated carbocycles. The highest BCUT2D eigenvalue weighted by Gasteiger charge is 2.13. The van der Waals surface area contributed by atoms with Crippen LogP contribution in [-0.2, 0) is 11.3 Å². The third-order valence-corrected chi connectivity index (χ3v) is 4.26. The second-order valence-corrected chi connectivity index (χ2v) is 6.33. The number of aryl methyl sites for hydroxylation is 1. The van der Waals surface area contributed by atoms with Crippen molar-refractivity contribution in [2.75, 3.05) is 12.4 Å². The van der Waals surface area contributed by atoms with Crippen LogP contribution in [0.25, 0.3) is 5.69 Å². The Bertz CT molecular complexity index is 1030. The van der Waals surface area contributed by atoms with Gasteiger partial charge in [-0.3, -0.25) is 4.79 Å². The number of hydrogen-bond acceptors (Lipinski definition) is 5. The number of hydrogen-bond donors (Lipinski definition) is 1. The van der Waals surface area contributed by atoms with Crippen LogP contribution in [0.3, 0.4) is 0 Å². The number of amides is 1. The molecule has 8 nitrogen and oxygen atoms in total. The van der Waals surface area contributed by atoms with Crippen LogP contribution in [-0.4, -0.2) is 32.8 Å². The molecule has 1 heterocycles. The van der Waals surface area contributed by atoms with Crippen LogP contribution in [0.15, 0.2) is 47.3 Å². The average molecular weight is 408 g/mol. The van der Waals surface area contributed by atoms with Gasteiger partial charge >= 0.3 is 5.69 Å². The van der Waals surface area contributed by atoms with E-state index in [1.165, 1.54) is 7.11 Å². The van der Waals surface area contributed by atoms with Crippen LogP contribution in [0.2, 0.25) is 10.0 Å². The van der Waals surface area contributed by atoms with Crippen LogP contribution >= 0.6 is 23.2 Å². The van der Waals surface area contributed by atoms with Crippen molar-refractivity contribution in [3.63, 3.8) is 0 Å². The summed E-state index contributed by atoms with van der Waals surface area (Å²) in [5, 5.41) is 11.1. The zero-order valence-corrected chi connectivity index (χ0v) is 15.7.